The van der Waals surface area contributed by atoms with Gasteiger partial charge >= 0.3 is 17.9 Å². The summed E-state index contributed by atoms with van der Waals surface area (Å²) in [6, 6.07) is 0. The molecule has 0 rings (SSSR count). The van der Waals surface area contributed by atoms with Gasteiger partial charge in [-0.2, -0.15) is 0 Å². The van der Waals surface area contributed by atoms with Crippen molar-refractivity contribution in [2.24, 2.45) is 0 Å². The lowest BCUT2D eigenvalue weighted by atomic mass is 10.1. The molecule has 0 spiro atoms. The molecule has 0 N–H and O–H groups in total. The summed E-state index contributed by atoms with van der Waals surface area (Å²) in [4.78, 5) is 38.0. The molecule has 0 fully saturated rings. The van der Waals surface area contributed by atoms with Crippen LogP contribution in [0.4, 0.5) is 0 Å². The number of hydrogen-bond donors (Lipinski definition) is 0. The third-order valence-electron chi connectivity index (χ3n) is 11.1. The van der Waals surface area contributed by atoms with Gasteiger partial charge < -0.3 is 14.2 Å². The summed E-state index contributed by atoms with van der Waals surface area (Å²) in [5.41, 5.74) is 0. The third-order valence-corrected chi connectivity index (χ3v) is 11.1. The van der Waals surface area contributed by atoms with Gasteiger partial charge in [0.1, 0.15) is 13.2 Å². The van der Waals surface area contributed by atoms with Crippen LogP contribution in [0.5, 0.6) is 0 Å². The molecule has 0 amide bonds. The van der Waals surface area contributed by atoms with E-state index < -0.39 is 6.10 Å². The fourth-order valence-electron chi connectivity index (χ4n) is 7.05. The van der Waals surface area contributed by atoms with E-state index in [4.69, 9.17) is 14.2 Å². The molecule has 0 saturated carbocycles. The van der Waals surface area contributed by atoms with Gasteiger partial charge in [0.15, 0.2) is 6.10 Å². The SMILES string of the molecule is CC/C=C/C=C/C=C/C=C/C=C/CCCC(=O)OCC(COC(=O)CCCCCCCCCCC/C=C/C/C=C/C/C=C/CC)OC(=O)CCCCCCCCC/C=C/C/C=C/CCCCC. The number of carbonyl (C=O) groups is 3. The summed E-state index contributed by atoms with van der Waals surface area (Å²) in [5, 5.41) is 0. The Labute approximate surface area is 412 Å². The van der Waals surface area contributed by atoms with Gasteiger partial charge in [0, 0.05) is 19.3 Å². The zero-order chi connectivity index (χ0) is 48.6. The van der Waals surface area contributed by atoms with Crippen molar-refractivity contribution >= 4 is 17.9 Å². The maximum absolute atomic E-state index is 12.8. The molecule has 6 nitrogen and oxygen atoms in total. The van der Waals surface area contributed by atoms with Crippen LogP contribution in [-0.4, -0.2) is 37.2 Å². The minimum Gasteiger partial charge on any atom is -0.462 e. The molecule has 0 heterocycles. The van der Waals surface area contributed by atoms with E-state index >= 15 is 0 Å². The average molecular weight is 927 g/mol. The average Bonchev–Trinajstić information content (AvgIpc) is 3.33. The fourth-order valence-corrected chi connectivity index (χ4v) is 7.05. The largest absolute Gasteiger partial charge is 0.462 e. The van der Waals surface area contributed by atoms with Gasteiger partial charge in [-0.05, 0) is 96.3 Å². The Morgan fingerprint density at radius 1 is 0.328 bits per heavy atom. The van der Waals surface area contributed by atoms with Crippen molar-refractivity contribution in [3.05, 3.63) is 122 Å². The van der Waals surface area contributed by atoms with Gasteiger partial charge in [0.25, 0.3) is 0 Å². The van der Waals surface area contributed by atoms with Crippen LogP contribution in [0.3, 0.4) is 0 Å². The maximum atomic E-state index is 12.8. The lowest BCUT2D eigenvalue weighted by Crippen LogP contribution is -2.30. The molecule has 0 aromatic rings. The van der Waals surface area contributed by atoms with Crippen molar-refractivity contribution in [2.75, 3.05) is 13.2 Å². The van der Waals surface area contributed by atoms with Gasteiger partial charge in [-0.1, -0.05) is 232 Å². The number of ether oxygens (including phenoxy) is 3. The topological polar surface area (TPSA) is 78.9 Å². The molecule has 6 heteroatoms. The van der Waals surface area contributed by atoms with E-state index in [1.165, 1.54) is 89.9 Å². The van der Waals surface area contributed by atoms with Crippen LogP contribution in [0.25, 0.3) is 0 Å². The molecule has 0 aromatic heterocycles. The third kappa shape index (κ3) is 52.6. The molecular weight excluding hydrogens is 829 g/mol. The van der Waals surface area contributed by atoms with E-state index in [2.05, 4.69) is 87.6 Å². The zero-order valence-electron chi connectivity index (χ0n) is 43.1. The predicted molar refractivity (Wildman–Crippen MR) is 288 cm³/mol. The van der Waals surface area contributed by atoms with Crippen LogP contribution in [0.1, 0.15) is 226 Å². The normalized spacial score (nSPS) is 13.1. The van der Waals surface area contributed by atoms with E-state index in [1.54, 1.807) is 0 Å². The first-order valence-electron chi connectivity index (χ1n) is 27.1. The van der Waals surface area contributed by atoms with E-state index in [0.717, 1.165) is 89.9 Å². The quantitative estimate of drug-likeness (QED) is 0.0199. The minimum absolute atomic E-state index is 0.110. The van der Waals surface area contributed by atoms with E-state index in [-0.39, 0.29) is 37.5 Å². The van der Waals surface area contributed by atoms with Gasteiger partial charge in [-0.25, -0.2) is 0 Å². The molecule has 0 radical (unpaired) electrons. The minimum atomic E-state index is -0.817. The van der Waals surface area contributed by atoms with Crippen LogP contribution >= 0.6 is 0 Å². The molecule has 0 saturated heterocycles. The van der Waals surface area contributed by atoms with Gasteiger partial charge in [0.05, 0.1) is 0 Å². The number of hydrogen-bond acceptors (Lipinski definition) is 6. The van der Waals surface area contributed by atoms with Gasteiger partial charge in [-0.15, -0.1) is 0 Å². The maximum Gasteiger partial charge on any atom is 0.306 e. The number of carbonyl (C=O) groups excluding carboxylic acids is 3. The Kier molecular flexibility index (Phi) is 51.0. The van der Waals surface area contributed by atoms with Crippen LogP contribution < -0.4 is 0 Å². The second-order valence-corrected chi connectivity index (χ2v) is 17.5. The van der Waals surface area contributed by atoms with Crippen molar-refractivity contribution in [1.29, 1.82) is 0 Å². The number of rotatable bonds is 47. The van der Waals surface area contributed by atoms with Crippen LogP contribution in [0.2, 0.25) is 0 Å². The van der Waals surface area contributed by atoms with Crippen molar-refractivity contribution in [3.8, 4) is 0 Å². The monoisotopic (exact) mass is 927 g/mol. The van der Waals surface area contributed by atoms with Crippen LogP contribution in [0, 0.1) is 0 Å². The Morgan fingerprint density at radius 2 is 0.672 bits per heavy atom. The zero-order valence-corrected chi connectivity index (χ0v) is 43.1. The fraction of sp³-hybridized carbons (Fsp3) is 0.623. The van der Waals surface area contributed by atoms with Gasteiger partial charge in [-0.3, -0.25) is 14.4 Å². The standard InChI is InChI=1S/C61H98O6/c1-4-7-10-13-16-19-22-25-27-29-30-32-33-36-39-42-45-48-51-54-60(63)66-57-58(56-65-59(62)53-50-47-44-41-38-35-24-21-18-15-12-9-6-3)67-61(64)55-52-49-46-43-40-37-34-31-28-26-23-20-17-14-11-8-5-2/h7,9-10,12,15-21,24-28,35,38,41,44,58H,4-6,8,11,13-14,22-23,29-34,36-37,39-40,42-43,45-57H2,1-3H3/b10-7+,12-9+,18-15+,19-16+,20-17+,24-21+,27-25+,28-26+,38-35+,44-41+. The molecular formula is C61H98O6. The number of unbranched alkanes of at least 4 members (excludes halogenated alkanes) is 20. The molecule has 0 bridgehead atoms. The molecule has 1 unspecified atom stereocenters. The second kappa shape index (κ2) is 54.4. The molecule has 0 aliphatic rings. The molecule has 0 aliphatic heterocycles. The summed E-state index contributed by atoms with van der Waals surface area (Å²) < 4.78 is 16.8. The first-order valence-corrected chi connectivity index (χ1v) is 27.1. The highest BCUT2D eigenvalue weighted by atomic mass is 16.6. The van der Waals surface area contributed by atoms with Crippen LogP contribution in [0.15, 0.2) is 122 Å². The Balaban J connectivity index is 4.48. The van der Waals surface area contributed by atoms with Crippen molar-refractivity contribution in [2.45, 2.75) is 232 Å². The second-order valence-electron chi connectivity index (χ2n) is 17.5. The highest BCUT2D eigenvalue weighted by Gasteiger charge is 2.19. The predicted octanol–water partition coefficient (Wildman–Crippen LogP) is 18.1. The number of esters is 3. The molecule has 1 atom stereocenters. The van der Waals surface area contributed by atoms with Crippen molar-refractivity contribution in [3.63, 3.8) is 0 Å². The highest BCUT2D eigenvalue weighted by molar-refractivity contribution is 5.71. The van der Waals surface area contributed by atoms with Crippen molar-refractivity contribution < 1.29 is 28.6 Å². The Bertz CT molecular complexity index is 1440. The molecule has 378 valence electrons. The Hall–Kier alpha value is -4.19. The van der Waals surface area contributed by atoms with Crippen molar-refractivity contribution in [1.82, 2.24) is 0 Å². The van der Waals surface area contributed by atoms with E-state index in [0.29, 0.717) is 19.3 Å². The summed E-state index contributed by atoms with van der Waals surface area (Å²) in [5.74, 6) is -1.00. The lowest BCUT2D eigenvalue weighted by molar-refractivity contribution is -0.167. The van der Waals surface area contributed by atoms with Crippen LogP contribution in [-0.2, 0) is 28.6 Å². The summed E-state index contributed by atoms with van der Waals surface area (Å²) in [6.07, 6.45) is 74.8. The van der Waals surface area contributed by atoms with E-state index in [9.17, 15) is 14.4 Å². The first-order chi connectivity index (χ1) is 33.0. The van der Waals surface area contributed by atoms with Gasteiger partial charge in [0.2, 0.25) is 0 Å². The smallest absolute Gasteiger partial charge is 0.306 e. The number of allylic oxidation sites excluding steroid dienone is 20. The summed E-state index contributed by atoms with van der Waals surface area (Å²) in [6.45, 7) is 6.28. The summed E-state index contributed by atoms with van der Waals surface area (Å²) >= 11 is 0. The highest BCUT2D eigenvalue weighted by Crippen LogP contribution is 2.14. The summed E-state index contributed by atoms with van der Waals surface area (Å²) in [7, 11) is 0. The van der Waals surface area contributed by atoms with E-state index in [1.807, 2.05) is 54.7 Å². The molecule has 0 aliphatic carbocycles. The molecule has 0 aromatic carbocycles. The first kappa shape index (κ1) is 62.8. The molecule has 67 heavy (non-hydrogen) atoms. The lowest BCUT2D eigenvalue weighted by Gasteiger charge is -2.18. The Morgan fingerprint density at radius 3 is 1.13 bits per heavy atom.